The second-order valence-electron chi connectivity index (χ2n) is 2.17. The third-order valence-corrected chi connectivity index (χ3v) is 2.77. The molecule has 0 aromatic heterocycles. The van der Waals surface area contributed by atoms with Gasteiger partial charge in [0.1, 0.15) is 0 Å². The van der Waals surface area contributed by atoms with Crippen LogP contribution in [-0.2, 0) is 4.74 Å². The predicted molar refractivity (Wildman–Crippen MR) is 38.6 cm³/mol. The van der Waals surface area contributed by atoms with Gasteiger partial charge in [-0.3, -0.25) is 0 Å². The zero-order valence-corrected chi connectivity index (χ0v) is 8.22. The summed E-state index contributed by atoms with van der Waals surface area (Å²) >= 11 is 0.232. The number of ether oxygens (including phenoxy) is 1. The predicted octanol–water partition coefficient (Wildman–Crippen LogP) is -3.22. The fourth-order valence-electron chi connectivity index (χ4n) is 0.862. The Hall–Kier alpha value is 0.295. The van der Waals surface area contributed by atoms with E-state index in [0.717, 1.165) is 18.8 Å². The van der Waals surface area contributed by atoms with E-state index in [0.29, 0.717) is 6.00 Å². The number of morpholine rings is 1. The van der Waals surface area contributed by atoms with Crippen LogP contribution in [0, 0.1) is 0 Å². The van der Waals surface area contributed by atoms with Crippen LogP contribution in [0.2, 0.25) is 0 Å². The maximum absolute atomic E-state index is 5.44. The van der Waals surface area contributed by atoms with E-state index >= 15 is 0 Å². The van der Waals surface area contributed by atoms with Gasteiger partial charge in [0.05, 0.1) is 0 Å². The summed E-state index contributed by atoms with van der Waals surface area (Å²) in [7, 11) is 0. The van der Waals surface area contributed by atoms with Crippen molar-refractivity contribution in [2.45, 2.75) is 6.00 Å². The molecule has 2 nitrogen and oxygen atoms in total. The van der Waals surface area contributed by atoms with Crippen LogP contribution in [0.3, 0.4) is 0 Å². The fraction of sp³-hybridized carbons (Fsp3) is 0.667. The first-order valence-electron chi connectivity index (χ1n) is 3.19. The number of rotatable bonds is 2. The van der Waals surface area contributed by atoms with Crippen LogP contribution in [0.5, 0.6) is 0 Å². The van der Waals surface area contributed by atoms with Crippen molar-refractivity contribution in [3.8, 4) is 0 Å². The molecule has 4 heteroatoms. The molecule has 0 unspecified atom stereocenters. The molecule has 0 aromatic rings. The van der Waals surface area contributed by atoms with E-state index in [2.05, 4.69) is 22.0 Å². The van der Waals surface area contributed by atoms with Crippen LogP contribution < -0.4 is 26.3 Å². The van der Waals surface area contributed by atoms with Crippen molar-refractivity contribution < 1.29 is 25.7 Å². The van der Waals surface area contributed by atoms with Gasteiger partial charge < -0.3 is 0 Å². The van der Waals surface area contributed by atoms with Gasteiger partial charge in [0.2, 0.25) is 0 Å². The molecule has 1 fully saturated rings. The Kier molecular flexibility index (Phi) is 3.55. The van der Waals surface area contributed by atoms with E-state index in [9.17, 15) is 0 Å². The normalized spacial score (nSPS) is 26.1. The summed E-state index contributed by atoms with van der Waals surface area (Å²) in [5.74, 6) is 0.866. The quantitative estimate of drug-likeness (QED) is 0.317. The van der Waals surface area contributed by atoms with Gasteiger partial charge in [-0.1, -0.05) is 0 Å². The van der Waals surface area contributed by atoms with E-state index in [1.807, 2.05) is 0 Å². The number of alkyl halides is 1. The van der Waals surface area contributed by atoms with Crippen LogP contribution in [-0.4, -0.2) is 29.2 Å². The monoisotopic (exact) mass is 251 g/mol. The van der Waals surface area contributed by atoms with Crippen LogP contribution in [0.25, 0.3) is 0 Å². The Bertz CT molecular complexity index is 129. The number of hydrogen-bond acceptors (Lipinski definition) is 2. The second kappa shape index (κ2) is 4.23. The van der Waals surface area contributed by atoms with Gasteiger partial charge in [-0.2, -0.15) is 0 Å². The van der Waals surface area contributed by atoms with E-state index in [1.54, 1.807) is 0 Å². The summed E-state index contributed by atoms with van der Waals surface area (Å²) in [5.41, 5.74) is 0. The summed E-state index contributed by atoms with van der Waals surface area (Å²) in [6.07, 6.45) is 0. The minimum atomic E-state index is 0.232. The molecule has 0 amide bonds. The first kappa shape index (κ1) is 8.39. The zero-order valence-electron chi connectivity index (χ0n) is 6.06. The molecule has 57 valence electrons. The molecule has 0 saturated carbocycles. The molecule has 1 aliphatic rings. The van der Waals surface area contributed by atoms with Crippen LogP contribution in [0.15, 0.2) is 12.3 Å². The molecular formula is C6H11BINO-. The van der Waals surface area contributed by atoms with Gasteiger partial charge in [-0.15, -0.1) is 0 Å². The van der Waals surface area contributed by atoms with E-state index in [4.69, 9.17) is 4.74 Å². The Balaban J connectivity index is 2.25. The SMILES string of the molecule is C=C1CNC[C@H]([B][I-]C)O1. The summed E-state index contributed by atoms with van der Waals surface area (Å²) < 4.78 is 5.44. The zero-order chi connectivity index (χ0) is 7.40. The summed E-state index contributed by atoms with van der Waals surface area (Å²) in [6.45, 7) is 5.52. The van der Waals surface area contributed by atoms with E-state index in [1.165, 1.54) is 0 Å². The molecule has 0 spiro atoms. The molecule has 1 N–H and O–H groups in total. The average molecular weight is 251 g/mol. The van der Waals surface area contributed by atoms with Gasteiger partial charge >= 0.3 is 72.5 Å². The molecule has 1 atom stereocenters. The fourth-order valence-corrected chi connectivity index (χ4v) is 2.07. The third kappa shape index (κ3) is 2.50. The van der Waals surface area contributed by atoms with Crippen LogP contribution in [0.1, 0.15) is 0 Å². The van der Waals surface area contributed by atoms with Crippen molar-refractivity contribution in [3.05, 3.63) is 12.3 Å². The molecule has 1 heterocycles. The van der Waals surface area contributed by atoms with E-state index < -0.39 is 0 Å². The summed E-state index contributed by atoms with van der Waals surface area (Å²) in [5, 5.41) is 5.49. The molecule has 0 aromatic carbocycles. The Morgan fingerprint density at radius 2 is 2.70 bits per heavy atom. The molecule has 10 heavy (non-hydrogen) atoms. The van der Waals surface area contributed by atoms with Gasteiger partial charge in [0, 0.05) is 0 Å². The van der Waals surface area contributed by atoms with Gasteiger partial charge in [0.25, 0.3) is 0 Å². The topological polar surface area (TPSA) is 21.3 Å². The van der Waals surface area contributed by atoms with Gasteiger partial charge in [-0.05, 0) is 0 Å². The first-order chi connectivity index (χ1) is 4.83. The maximum atomic E-state index is 5.44. The number of halogens is 1. The van der Waals surface area contributed by atoms with E-state index in [-0.39, 0.29) is 21.0 Å². The molecule has 1 saturated heterocycles. The van der Waals surface area contributed by atoms with Crippen LogP contribution in [0.4, 0.5) is 0 Å². The third-order valence-electron chi connectivity index (χ3n) is 1.25. The molecule has 0 aliphatic carbocycles. The Morgan fingerprint density at radius 3 is 3.30 bits per heavy atom. The standard InChI is InChI=1S/C6H11BINO/c1-5-3-9-4-6(10-5)7-8-2/h6,9H,1,3-4H2,2H3/q-1/t6-/m1/s1. The molecule has 0 bridgehead atoms. The summed E-state index contributed by atoms with van der Waals surface area (Å²) in [6, 6.07) is 0.291. The molecule has 1 radical (unpaired) electrons. The molecule has 1 aliphatic heterocycles. The van der Waals surface area contributed by atoms with Crippen molar-refractivity contribution in [2.24, 2.45) is 0 Å². The number of hydrogen-bond donors (Lipinski definition) is 1. The molecular weight excluding hydrogens is 240 g/mol. The number of nitrogens with one attached hydrogen (secondary N) is 1. The summed E-state index contributed by atoms with van der Waals surface area (Å²) in [4.78, 5) is 2.22. The van der Waals surface area contributed by atoms with Gasteiger partial charge in [0.15, 0.2) is 0 Å². The van der Waals surface area contributed by atoms with Crippen LogP contribution >= 0.6 is 0 Å². The molecule has 1 rings (SSSR count). The van der Waals surface area contributed by atoms with Crippen molar-refractivity contribution in [2.75, 3.05) is 18.0 Å². The van der Waals surface area contributed by atoms with Crippen molar-refractivity contribution >= 4 is 5.14 Å². The van der Waals surface area contributed by atoms with Crippen molar-refractivity contribution in [1.82, 2.24) is 5.32 Å². The van der Waals surface area contributed by atoms with Crippen molar-refractivity contribution in [1.29, 1.82) is 0 Å². The minimum absolute atomic E-state index is 0.232. The average Bonchev–Trinajstić information content (AvgIpc) is 1.88. The van der Waals surface area contributed by atoms with Gasteiger partial charge in [-0.25, -0.2) is 0 Å². The Morgan fingerprint density at radius 1 is 1.90 bits per heavy atom. The second-order valence-corrected chi connectivity index (χ2v) is 4.13. The first-order valence-corrected chi connectivity index (χ1v) is 6.59. The Labute approximate surface area is 72.6 Å². The van der Waals surface area contributed by atoms with Crippen molar-refractivity contribution in [3.63, 3.8) is 0 Å².